The molecule has 0 aliphatic rings. The van der Waals surface area contributed by atoms with Gasteiger partial charge in [-0.05, 0) is 6.42 Å². The van der Waals surface area contributed by atoms with Crippen LogP contribution in [0.25, 0.3) is 10.6 Å². The molecule has 0 bridgehead atoms. The minimum Gasteiger partial charge on any atom is -0.392 e. The molecule has 2 heterocycles. The molecule has 21 heavy (non-hydrogen) atoms. The number of hydrogen-bond donors (Lipinski definition) is 0. The quantitative estimate of drug-likeness (QED) is 0.723. The van der Waals surface area contributed by atoms with Crippen LogP contribution in [0.1, 0.15) is 24.2 Å². The Morgan fingerprint density at radius 1 is 1.24 bits per heavy atom. The fraction of sp³-hybridized carbons (Fsp3) is 0.286. The molecule has 0 N–H and O–H groups in total. The van der Waals surface area contributed by atoms with Gasteiger partial charge in [0.1, 0.15) is 16.6 Å². The predicted molar refractivity (Wildman–Crippen MR) is 79.2 cm³/mol. The summed E-state index contributed by atoms with van der Waals surface area (Å²) < 4.78 is 6.36. The zero-order chi connectivity index (χ0) is 14.7. The molecule has 0 amide bonds. The van der Waals surface area contributed by atoms with E-state index in [1.807, 2.05) is 37.3 Å². The van der Waals surface area contributed by atoms with Gasteiger partial charge < -0.3 is 4.42 Å². The molecule has 6 nitrogen and oxygen atoms in total. The van der Waals surface area contributed by atoms with Crippen LogP contribution in [0.4, 0.5) is 0 Å². The van der Waals surface area contributed by atoms with E-state index in [2.05, 4.69) is 15.3 Å². The van der Waals surface area contributed by atoms with Gasteiger partial charge in [0.25, 0.3) is 0 Å². The smallest absolute Gasteiger partial charge is 0.392 e. The van der Waals surface area contributed by atoms with E-state index in [4.69, 9.17) is 4.42 Å². The normalized spacial score (nSPS) is 10.9. The van der Waals surface area contributed by atoms with Crippen LogP contribution in [-0.4, -0.2) is 20.0 Å². The third-order valence-corrected chi connectivity index (χ3v) is 3.84. The fourth-order valence-corrected chi connectivity index (χ4v) is 2.73. The first kappa shape index (κ1) is 13.7. The Bertz CT molecular complexity index is 776. The van der Waals surface area contributed by atoms with Gasteiger partial charge in [-0.2, -0.15) is 4.68 Å². The van der Waals surface area contributed by atoms with E-state index in [1.165, 1.54) is 16.0 Å². The Hall–Kier alpha value is -2.28. The van der Waals surface area contributed by atoms with Crippen LogP contribution in [0.2, 0.25) is 0 Å². The van der Waals surface area contributed by atoms with Crippen molar-refractivity contribution in [1.29, 1.82) is 0 Å². The second kappa shape index (κ2) is 6.01. The van der Waals surface area contributed by atoms with Crippen molar-refractivity contribution < 1.29 is 4.42 Å². The maximum Gasteiger partial charge on any atom is 0.437 e. The Labute approximate surface area is 125 Å². The van der Waals surface area contributed by atoms with E-state index in [-0.39, 0.29) is 6.54 Å². The summed E-state index contributed by atoms with van der Waals surface area (Å²) in [5, 5.41) is 14.0. The van der Waals surface area contributed by atoms with Crippen molar-refractivity contribution >= 4 is 11.3 Å². The van der Waals surface area contributed by atoms with Crippen LogP contribution in [0.3, 0.4) is 0 Å². The first-order chi connectivity index (χ1) is 10.3. The van der Waals surface area contributed by atoms with E-state index >= 15 is 0 Å². The zero-order valence-corrected chi connectivity index (χ0v) is 12.3. The molecule has 3 rings (SSSR count). The second-order valence-electron chi connectivity index (χ2n) is 4.54. The monoisotopic (exact) mass is 302 g/mol. The molecule has 0 saturated heterocycles. The van der Waals surface area contributed by atoms with Gasteiger partial charge in [0.05, 0.1) is 0 Å². The largest absolute Gasteiger partial charge is 0.437 e. The highest BCUT2D eigenvalue weighted by Gasteiger charge is 2.11. The Kier molecular flexibility index (Phi) is 3.92. The fourth-order valence-electron chi connectivity index (χ4n) is 1.91. The molecule has 7 heteroatoms. The Morgan fingerprint density at radius 3 is 2.81 bits per heavy atom. The van der Waals surface area contributed by atoms with Crippen molar-refractivity contribution in [2.45, 2.75) is 26.3 Å². The number of hydrogen-bond acceptors (Lipinski definition) is 6. The van der Waals surface area contributed by atoms with Crippen LogP contribution >= 0.6 is 11.3 Å². The predicted octanol–water partition coefficient (Wildman–Crippen LogP) is 2.36. The lowest BCUT2D eigenvalue weighted by Crippen LogP contribution is -2.16. The molecule has 0 unspecified atom stereocenters. The minimum absolute atomic E-state index is 0.288. The lowest BCUT2D eigenvalue weighted by molar-refractivity contribution is 0.448. The molecule has 0 saturated carbocycles. The Balaban J connectivity index is 1.80. The third-order valence-electron chi connectivity index (χ3n) is 2.88. The highest BCUT2D eigenvalue weighted by molar-refractivity contribution is 7.14. The lowest BCUT2D eigenvalue weighted by Gasteiger charge is -1.93. The summed E-state index contributed by atoms with van der Waals surface area (Å²) in [5.41, 5.74) is 1.01. The maximum atomic E-state index is 11.7. The molecule has 108 valence electrons. The van der Waals surface area contributed by atoms with Gasteiger partial charge in [0.15, 0.2) is 0 Å². The van der Waals surface area contributed by atoms with Crippen molar-refractivity contribution in [3.63, 3.8) is 0 Å². The molecule has 0 aliphatic carbocycles. The summed E-state index contributed by atoms with van der Waals surface area (Å²) in [7, 11) is 0. The van der Waals surface area contributed by atoms with Crippen LogP contribution < -0.4 is 5.76 Å². The molecule has 0 atom stereocenters. The standard InChI is InChI=1S/C14H14N4O2S/c1-2-6-11-17-18(14(19)20-11)9-12-15-16-13(21-12)10-7-4-3-5-8-10/h3-5,7-8H,2,6,9H2,1H3. The van der Waals surface area contributed by atoms with Crippen LogP contribution in [-0.2, 0) is 13.0 Å². The van der Waals surface area contributed by atoms with Crippen LogP contribution in [0.15, 0.2) is 39.5 Å². The lowest BCUT2D eigenvalue weighted by atomic mass is 10.2. The van der Waals surface area contributed by atoms with E-state index in [1.54, 1.807) is 0 Å². The van der Waals surface area contributed by atoms with Crippen molar-refractivity contribution in [3.8, 4) is 10.6 Å². The summed E-state index contributed by atoms with van der Waals surface area (Å²) >= 11 is 1.45. The highest BCUT2D eigenvalue weighted by atomic mass is 32.1. The first-order valence-corrected chi connectivity index (χ1v) is 7.52. The van der Waals surface area contributed by atoms with E-state index < -0.39 is 5.76 Å². The third kappa shape index (κ3) is 3.08. The van der Waals surface area contributed by atoms with Gasteiger partial charge in [0.2, 0.25) is 5.89 Å². The highest BCUT2D eigenvalue weighted by Crippen LogP contribution is 2.23. The van der Waals surface area contributed by atoms with E-state index in [0.717, 1.165) is 22.0 Å². The summed E-state index contributed by atoms with van der Waals surface area (Å²) in [6.45, 7) is 2.30. The van der Waals surface area contributed by atoms with Crippen molar-refractivity contribution in [1.82, 2.24) is 20.0 Å². The van der Waals surface area contributed by atoms with E-state index in [0.29, 0.717) is 12.3 Å². The molecule has 0 fully saturated rings. The molecule has 1 aromatic carbocycles. The average molecular weight is 302 g/mol. The molecule has 0 radical (unpaired) electrons. The molecule has 3 aromatic rings. The minimum atomic E-state index is -0.449. The topological polar surface area (TPSA) is 73.8 Å². The van der Waals surface area contributed by atoms with Crippen molar-refractivity contribution in [2.75, 3.05) is 0 Å². The molecule has 0 spiro atoms. The van der Waals surface area contributed by atoms with Gasteiger partial charge >= 0.3 is 5.76 Å². The number of aryl methyl sites for hydroxylation is 1. The van der Waals surface area contributed by atoms with Gasteiger partial charge in [0, 0.05) is 12.0 Å². The summed E-state index contributed by atoms with van der Waals surface area (Å²) in [6, 6.07) is 9.82. The summed E-state index contributed by atoms with van der Waals surface area (Å²) in [6.07, 6.45) is 1.55. The number of aromatic nitrogens is 4. The summed E-state index contributed by atoms with van der Waals surface area (Å²) in [5.74, 6) is 0.0187. The number of benzene rings is 1. The molecular weight excluding hydrogens is 288 g/mol. The van der Waals surface area contributed by atoms with Crippen molar-refractivity contribution in [3.05, 3.63) is 51.8 Å². The average Bonchev–Trinajstić information content (AvgIpc) is 3.09. The van der Waals surface area contributed by atoms with Gasteiger partial charge in [-0.3, -0.25) is 0 Å². The van der Waals surface area contributed by atoms with Crippen molar-refractivity contribution in [2.24, 2.45) is 0 Å². The SMILES string of the molecule is CCCc1nn(Cc2nnc(-c3ccccc3)s2)c(=O)o1. The molecule has 2 aromatic heterocycles. The number of nitrogens with zero attached hydrogens (tertiary/aromatic N) is 4. The van der Waals surface area contributed by atoms with Gasteiger partial charge in [-0.25, -0.2) is 4.79 Å². The van der Waals surface area contributed by atoms with Gasteiger partial charge in [-0.15, -0.1) is 15.3 Å². The number of rotatable bonds is 5. The second-order valence-corrected chi connectivity index (χ2v) is 5.60. The zero-order valence-electron chi connectivity index (χ0n) is 11.5. The van der Waals surface area contributed by atoms with Crippen LogP contribution in [0.5, 0.6) is 0 Å². The maximum absolute atomic E-state index is 11.7. The molecule has 0 aliphatic heterocycles. The van der Waals surface area contributed by atoms with Gasteiger partial charge in [-0.1, -0.05) is 48.6 Å². The van der Waals surface area contributed by atoms with E-state index in [9.17, 15) is 4.79 Å². The summed E-state index contributed by atoms with van der Waals surface area (Å²) in [4.78, 5) is 11.7. The Morgan fingerprint density at radius 2 is 2.05 bits per heavy atom. The van der Waals surface area contributed by atoms with Crippen LogP contribution in [0, 0.1) is 0 Å². The first-order valence-electron chi connectivity index (χ1n) is 6.71. The molecular formula is C14H14N4O2S.